The predicted octanol–water partition coefficient (Wildman–Crippen LogP) is 5.01. The summed E-state index contributed by atoms with van der Waals surface area (Å²) in [4.78, 5) is 12.9. The van der Waals surface area contributed by atoms with Gasteiger partial charge in [-0.1, -0.05) is 28.8 Å². The van der Waals surface area contributed by atoms with Gasteiger partial charge in [-0.3, -0.25) is 4.79 Å². The van der Waals surface area contributed by atoms with Crippen LogP contribution in [0.25, 0.3) is 0 Å². The summed E-state index contributed by atoms with van der Waals surface area (Å²) in [5, 5.41) is 0. The van der Waals surface area contributed by atoms with Gasteiger partial charge in [0.2, 0.25) is 5.78 Å². The molecule has 0 bridgehead atoms. The number of benzene rings is 1. The van der Waals surface area contributed by atoms with Crippen molar-refractivity contribution in [2.24, 2.45) is 0 Å². The second-order valence-electron chi connectivity index (χ2n) is 3.94. The third kappa shape index (κ3) is 2.79. The molecule has 1 nitrogen and oxygen atoms in total. The number of halogens is 2. The van der Waals surface area contributed by atoms with E-state index < -0.39 is 0 Å². The fourth-order valence-corrected chi connectivity index (χ4v) is 3.37. The second kappa shape index (κ2) is 4.92. The zero-order valence-corrected chi connectivity index (χ0v) is 12.5. The van der Waals surface area contributed by atoms with Gasteiger partial charge in [0.25, 0.3) is 0 Å². The summed E-state index contributed by atoms with van der Waals surface area (Å²) in [6.45, 7) is 3.97. The number of carbonyl (C=O) groups excluding carboxylic acids is 1. The van der Waals surface area contributed by atoms with Crippen molar-refractivity contribution in [2.45, 2.75) is 13.8 Å². The van der Waals surface area contributed by atoms with Crippen LogP contribution in [0.3, 0.4) is 0 Å². The van der Waals surface area contributed by atoms with Gasteiger partial charge in [0.05, 0.1) is 4.88 Å². The monoisotopic (exact) mass is 328 g/mol. The van der Waals surface area contributed by atoms with E-state index in [1.54, 1.807) is 6.07 Å². The Labute approximate surface area is 118 Å². The first-order valence-electron chi connectivity index (χ1n) is 5.05. The fraction of sp³-hybridized carbons (Fsp3) is 0.154. The van der Waals surface area contributed by atoms with E-state index in [1.165, 1.54) is 11.3 Å². The van der Waals surface area contributed by atoms with Crippen LogP contribution in [0, 0.1) is 13.8 Å². The molecule has 0 N–H and O–H groups in total. The average molecular weight is 330 g/mol. The Kier molecular flexibility index (Phi) is 3.71. The van der Waals surface area contributed by atoms with Crippen molar-refractivity contribution < 1.29 is 4.79 Å². The van der Waals surface area contributed by atoms with Gasteiger partial charge < -0.3 is 0 Å². The van der Waals surface area contributed by atoms with Crippen LogP contribution in [0.5, 0.6) is 0 Å². The summed E-state index contributed by atoms with van der Waals surface area (Å²) in [6, 6.07) is 7.62. The minimum absolute atomic E-state index is 0.0226. The quantitative estimate of drug-likeness (QED) is 0.708. The lowest BCUT2D eigenvalue weighted by Crippen LogP contribution is -1.99. The minimum atomic E-state index is 0.0226. The van der Waals surface area contributed by atoms with Crippen LogP contribution in [-0.4, -0.2) is 5.78 Å². The number of carbonyl (C=O) groups is 1. The maximum Gasteiger partial charge on any atom is 0.203 e. The highest BCUT2D eigenvalue weighted by Gasteiger charge is 2.14. The third-order valence-electron chi connectivity index (χ3n) is 2.35. The van der Waals surface area contributed by atoms with Gasteiger partial charge in [-0.2, -0.15) is 0 Å². The molecule has 0 atom stereocenters. The molecule has 0 amide bonds. The number of hydrogen-bond acceptors (Lipinski definition) is 2. The van der Waals surface area contributed by atoms with Gasteiger partial charge in [-0.15, -0.1) is 11.3 Å². The van der Waals surface area contributed by atoms with Gasteiger partial charge in [0.1, 0.15) is 4.34 Å². The second-order valence-corrected chi connectivity index (χ2v) is 6.45. The van der Waals surface area contributed by atoms with Crippen LogP contribution in [0.1, 0.15) is 26.4 Å². The Morgan fingerprint density at radius 2 is 1.76 bits per heavy atom. The number of thiophene rings is 1. The van der Waals surface area contributed by atoms with Crippen LogP contribution < -0.4 is 0 Å². The van der Waals surface area contributed by atoms with E-state index in [9.17, 15) is 4.79 Å². The van der Waals surface area contributed by atoms with Crippen LogP contribution >= 0.6 is 38.9 Å². The zero-order valence-electron chi connectivity index (χ0n) is 9.38. The van der Waals surface area contributed by atoms with Crippen molar-refractivity contribution in [3.05, 3.63) is 54.6 Å². The van der Waals surface area contributed by atoms with Crippen LogP contribution in [0.15, 0.2) is 28.7 Å². The topological polar surface area (TPSA) is 17.1 Å². The summed E-state index contributed by atoms with van der Waals surface area (Å²) in [5.41, 5.74) is 2.90. The number of hydrogen-bond donors (Lipinski definition) is 0. The number of ketones is 1. The van der Waals surface area contributed by atoms with Crippen molar-refractivity contribution in [2.75, 3.05) is 0 Å². The lowest BCUT2D eigenvalue weighted by atomic mass is 10.0. The molecular weight excluding hydrogens is 320 g/mol. The first-order chi connectivity index (χ1) is 7.97. The van der Waals surface area contributed by atoms with E-state index in [0.29, 0.717) is 14.8 Å². The molecule has 2 rings (SSSR count). The van der Waals surface area contributed by atoms with E-state index in [4.69, 9.17) is 11.6 Å². The molecule has 2 aromatic rings. The van der Waals surface area contributed by atoms with Crippen LogP contribution in [0.2, 0.25) is 4.34 Å². The van der Waals surface area contributed by atoms with E-state index >= 15 is 0 Å². The molecule has 0 radical (unpaired) electrons. The molecule has 0 aliphatic heterocycles. The molecular formula is C13H10BrClOS. The molecule has 0 saturated carbocycles. The highest BCUT2D eigenvalue weighted by molar-refractivity contribution is 9.10. The first kappa shape index (κ1) is 12.8. The maximum absolute atomic E-state index is 12.2. The number of rotatable bonds is 2. The summed E-state index contributed by atoms with van der Waals surface area (Å²) in [6.07, 6.45) is 0. The summed E-state index contributed by atoms with van der Waals surface area (Å²) in [5.74, 6) is 0.0226. The molecule has 1 aromatic carbocycles. The van der Waals surface area contributed by atoms with Gasteiger partial charge >= 0.3 is 0 Å². The van der Waals surface area contributed by atoms with Crippen LogP contribution in [0.4, 0.5) is 0 Å². The van der Waals surface area contributed by atoms with Crippen molar-refractivity contribution >= 4 is 44.7 Å². The summed E-state index contributed by atoms with van der Waals surface area (Å²) >= 11 is 10.6. The molecule has 1 aromatic heterocycles. The zero-order chi connectivity index (χ0) is 12.6. The van der Waals surface area contributed by atoms with Crippen molar-refractivity contribution in [1.82, 2.24) is 0 Å². The molecule has 1 heterocycles. The molecule has 4 heteroatoms. The summed E-state index contributed by atoms with van der Waals surface area (Å²) in [7, 11) is 0. The lowest BCUT2D eigenvalue weighted by Gasteiger charge is -2.02. The SMILES string of the molecule is Cc1cc(C)cc(C(=O)c2cc(Br)c(Cl)s2)c1. The highest BCUT2D eigenvalue weighted by atomic mass is 79.9. The Hall–Kier alpha value is -0.640. The van der Waals surface area contributed by atoms with E-state index in [0.717, 1.165) is 15.6 Å². The Bertz CT molecular complexity index is 549. The number of aryl methyl sites for hydroxylation is 2. The van der Waals surface area contributed by atoms with Crippen molar-refractivity contribution in [3.63, 3.8) is 0 Å². The molecule has 17 heavy (non-hydrogen) atoms. The lowest BCUT2D eigenvalue weighted by molar-refractivity contribution is 0.104. The normalized spacial score (nSPS) is 10.6. The molecule has 88 valence electrons. The largest absolute Gasteiger partial charge is 0.288 e. The van der Waals surface area contributed by atoms with E-state index in [1.807, 2.05) is 32.0 Å². The molecule has 0 unspecified atom stereocenters. The van der Waals surface area contributed by atoms with E-state index in [-0.39, 0.29) is 5.78 Å². The first-order valence-corrected chi connectivity index (χ1v) is 7.04. The van der Waals surface area contributed by atoms with Crippen LogP contribution in [-0.2, 0) is 0 Å². The third-order valence-corrected chi connectivity index (χ3v) is 4.83. The Morgan fingerprint density at radius 1 is 1.18 bits per heavy atom. The Morgan fingerprint density at radius 3 is 2.24 bits per heavy atom. The van der Waals surface area contributed by atoms with Crippen molar-refractivity contribution in [3.8, 4) is 0 Å². The van der Waals surface area contributed by atoms with Gasteiger partial charge in [-0.25, -0.2) is 0 Å². The van der Waals surface area contributed by atoms with Gasteiger partial charge in [0.15, 0.2) is 0 Å². The fourth-order valence-electron chi connectivity index (χ4n) is 1.71. The summed E-state index contributed by atoms with van der Waals surface area (Å²) < 4.78 is 1.38. The molecule has 0 aliphatic carbocycles. The van der Waals surface area contributed by atoms with Crippen molar-refractivity contribution in [1.29, 1.82) is 0 Å². The maximum atomic E-state index is 12.2. The predicted molar refractivity (Wildman–Crippen MR) is 76.4 cm³/mol. The standard InChI is InChI=1S/C13H10BrClOS/c1-7-3-8(2)5-9(4-7)12(16)11-6-10(14)13(15)17-11/h3-6H,1-2H3. The highest BCUT2D eigenvalue weighted by Crippen LogP contribution is 2.33. The Balaban J connectivity index is 2.43. The van der Waals surface area contributed by atoms with Gasteiger partial charge in [-0.05, 0) is 48.0 Å². The van der Waals surface area contributed by atoms with Gasteiger partial charge in [0, 0.05) is 10.0 Å². The molecule has 0 aliphatic rings. The van der Waals surface area contributed by atoms with E-state index in [2.05, 4.69) is 15.9 Å². The molecule has 0 saturated heterocycles. The molecule has 0 spiro atoms. The minimum Gasteiger partial charge on any atom is -0.288 e. The smallest absolute Gasteiger partial charge is 0.203 e. The average Bonchev–Trinajstić information content (AvgIpc) is 2.57. The molecule has 0 fully saturated rings.